The van der Waals surface area contributed by atoms with Crippen molar-refractivity contribution in [2.45, 2.75) is 39.0 Å². The van der Waals surface area contributed by atoms with Gasteiger partial charge in [-0.15, -0.1) is 4.80 Å². The summed E-state index contributed by atoms with van der Waals surface area (Å²) in [4.78, 5) is 44.1. The molecule has 0 saturated carbocycles. The Balaban J connectivity index is 0.000000775. The molecule has 14 heteroatoms. The summed E-state index contributed by atoms with van der Waals surface area (Å²) in [6.07, 6.45) is 3.67. The number of rotatable bonds is 10. The number of benzene rings is 2. The van der Waals surface area contributed by atoms with Gasteiger partial charge in [0.1, 0.15) is 34.0 Å². The third-order valence-electron chi connectivity index (χ3n) is 7.69. The van der Waals surface area contributed by atoms with Crippen LogP contribution in [0.3, 0.4) is 0 Å². The number of hydrogen-bond donors (Lipinski definition) is 1. The van der Waals surface area contributed by atoms with Gasteiger partial charge >= 0.3 is 5.69 Å². The molecule has 242 valence electrons. The smallest absolute Gasteiger partial charge is 0.332 e. The SMILES string of the molecule is COCCO.Cc1c(-n2nccn2)sc2c1c(=O)n(C1CCN(C)C1=O)c(=O)n2CCc1cc(F)ccc1OCc1ccccc1. The summed E-state index contributed by atoms with van der Waals surface area (Å²) in [6.45, 7) is 3.23. The maximum Gasteiger partial charge on any atom is 0.332 e. The zero-order chi connectivity index (χ0) is 32.8. The first kappa shape index (κ1) is 32.7. The highest BCUT2D eigenvalue weighted by molar-refractivity contribution is 7.21. The summed E-state index contributed by atoms with van der Waals surface area (Å²) < 4.78 is 27.4. The Hall–Kier alpha value is -4.66. The van der Waals surface area contributed by atoms with Gasteiger partial charge in [-0.25, -0.2) is 13.8 Å². The minimum absolute atomic E-state index is 0.122. The first-order chi connectivity index (χ1) is 22.2. The van der Waals surface area contributed by atoms with Crippen LogP contribution in [-0.2, 0) is 29.1 Å². The zero-order valence-electron chi connectivity index (χ0n) is 25.8. The highest BCUT2D eigenvalue weighted by Crippen LogP contribution is 2.32. The van der Waals surface area contributed by atoms with E-state index in [1.165, 1.54) is 50.1 Å². The van der Waals surface area contributed by atoms with Crippen molar-refractivity contribution in [1.29, 1.82) is 0 Å². The van der Waals surface area contributed by atoms with Crippen LogP contribution in [0.5, 0.6) is 5.75 Å². The minimum atomic E-state index is -0.889. The molecule has 0 radical (unpaired) electrons. The number of aryl methyl sites for hydroxylation is 3. The van der Waals surface area contributed by atoms with E-state index in [9.17, 15) is 18.8 Å². The molecular weight excluding hydrogens is 615 g/mol. The van der Waals surface area contributed by atoms with Crippen molar-refractivity contribution in [3.63, 3.8) is 0 Å². The van der Waals surface area contributed by atoms with E-state index in [4.69, 9.17) is 9.84 Å². The van der Waals surface area contributed by atoms with Crippen LogP contribution in [0.4, 0.5) is 4.39 Å². The molecule has 46 heavy (non-hydrogen) atoms. The first-order valence-electron chi connectivity index (χ1n) is 14.7. The van der Waals surface area contributed by atoms with Gasteiger partial charge in [0.25, 0.3) is 5.56 Å². The standard InChI is InChI=1S/C29H27FN6O4S.C3H8O2/c1-18-24-26(38)35(22-11-14-33(2)25(22)37)29(39)34(28(24)41-27(18)36-31-12-13-32-36)15-10-20-16-21(30)8-9-23(20)40-17-19-6-4-3-5-7-19;1-5-3-2-4/h3-9,12-13,16,22H,10-11,14-15,17H2,1-2H3;4H,2-3H2,1H3. The number of halogens is 1. The summed E-state index contributed by atoms with van der Waals surface area (Å²) >= 11 is 1.23. The highest BCUT2D eigenvalue weighted by atomic mass is 32.1. The normalized spacial score (nSPS) is 14.5. The van der Waals surface area contributed by atoms with Crippen molar-refractivity contribution >= 4 is 27.5 Å². The van der Waals surface area contributed by atoms with Gasteiger partial charge in [0.05, 0.1) is 31.0 Å². The number of hydrogen-bond acceptors (Lipinski definition) is 9. The van der Waals surface area contributed by atoms with Crippen LogP contribution in [0.25, 0.3) is 15.2 Å². The fourth-order valence-corrected chi connectivity index (χ4v) is 6.56. The number of nitrogens with zero attached hydrogens (tertiary/aromatic N) is 6. The van der Waals surface area contributed by atoms with E-state index in [1.807, 2.05) is 30.3 Å². The monoisotopic (exact) mass is 650 g/mol. The average Bonchev–Trinajstić information content (AvgIpc) is 3.78. The molecule has 0 aliphatic carbocycles. The van der Waals surface area contributed by atoms with Crippen LogP contribution in [0.2, 0.25) is 0 Å². The van der Waals surface area contributed by atoms with E-state index in [0.717, 1.165) is 10.1 Å². The summed E-state index contributed by atoms with van der Waals surface area (Å²) in [6, 6.07) is 13.1. The molecule has 1 N–H and O–H groups in total. The van der Waals surface area contributed by atoms with Gasteiger partial charge in [-0.1, -0.05) is 41.7 Å². The fraction of sp³-hybridized carbons (Fsp3) is 0.344. The lowest BCUT2D eigenvalue weighted by molar-refractivity contribution is -0.129. The molecule has 1 aliphatic rings. The second kappa shape index (κ2) is 14.6. The Labute approximate surface area is 267 Å². The van der Waals surface area contributed by atoms with Gasteiger partial charge < -0.3 is 19.5 Å². The Kier molecular flexibility index (Phi) is 10.4. The van der Waals surface area contributed by atoms with Gasteiger partial charge in [0.2, 0.25) is 5.91 Å². The maximum atomic E-state index is 14.4. The number of thiophene rings is 1. The summed E-state index contributed by atoms with van der Waals surface area (Å²) in [5.41, 5.74) is 1.07. The van der Waals surface area contributed by atoms with Crippen molar-refractivity contribution in [2.24, 2.45) is 0 Å². The summed E-state index contributed by atoms with van der Waals surface area (Å²) in [5.74, 6) is -0.198. The third kappa shape index (κ3) is 6.78. The van der Waals surface area contributed by atoms with Crippen LogP contribution in [0.15, 0.2) is 70.5 Å². The molecule has 12 nitrogen and oxygen atoms in total. The minimum Gasteiger partial charge on any atom is -0.489 e. The fourth-order valence-electron chi connectivity index (χ4n) is 5.32. The lowest BCUT2D eigenvalue weighted by atomic mass is 10.1. The molecule has 1 saturated heterocycles. The van der Waals surface area contributed by atoms with Gasteiger partial charge in [-0.05, 0) is 49.1 Å². The number of carbonyl (C=O) groups excluding carboxylic acids is 1. The Morgan fingerprint density at radius 1 is 1.09 bits per heavy atom. The van der Waals surface area contributed by atoms with Crippen molar-refractivity contribution in [3.8, 4) is 10.8 Å². The first-order valence-corrected chi connectivity index (χ1v) is 15.5. The number of carbonyl (C=O) groups is 1. The predicted octanol–water partition coefficient (Wildman–Crippen LogP) is 3.10. The number of likely N-dealkylation sites (tertiary alicyclic amines) is 1. The molecule has 1 atom stereocenters. The Bertz CT molecular complexity index is 1920. The zero-order valence-corrected chi connectivity index (χ0v) is 26.6. The second-order valence-electron chi connectivity index (χ2n) is 10.7. The predicted molar refractivity (Wildman–Crippen MR) is 171 cm³/mol. The molecule has 1 amide bonds. The third-order valence-corrected chi connectivity index (χ3v) is 8.97. The average molecular weight is 651 g/mol. The molecule has 0 spiro atoms. The van der Waals surface area contributed by atoms with Gasteiger partial charge in [0.15, 0.2) is 0 Å². The molecule has 4 heterocycles. The van der Waals surface area contributed by atoms with Gasteiger partial charge in [-0.3, -0.25) is 14.2 Å². The van der Waals surface area contributed by atoms with Crippen LogP contribution < -0.4 is 16.0 Å². The van der Waals surface area contributed by atoms with Gasteiger partial charge in [-0.2, -0.15) is 10.2 Å². The van der Waals surface area contributed by atoms with Crippen LogP contribution >= 0.6 is 11.3 Å². The molecule has 6 rings (SSSR count). The molecule has 0 bridgehead atoms. The maximum absolute atomic E-state index is 14.4. The van der Waals surface area contributed by atoms with Crippen LogP contribution in [0, 0.1) is 12.7 Å². The number of aliphatic hydroxyl groups excluding tert-OH is 1. The Morgan fingerprint density at radius 2 is 1.83 bits per heavy atom. The number of likely N-dealkylation sites (N-methyl/N-ethyl adjacent to an activating group) is 1. The summed E-state index contributed by atoms with van der Waals surface area (Å²) in [5, 5.41) is 17.3. The van der Waals surface area contributed by atoms with Crippen LogP contribution in [0.1, 0.15) is 29.2 Å². The lowest BCUT2D eigenvalue weighted by Crippen LogP contribution is -2.44. The van der Waals surface area contributed by atoms with Crippen molar-refractivity contribution < 1.29 is 23.8 Å². The van der Waals surface area contributed by atoms with E-state index in [-0.39, 0.29) is 25.5 Å². The largest absolute Gasteiger partial charge is 0.489 e. The van der Waals surface area contributed by atoms with E-state index in [2.05, 4.69) is 14.9 Å². The van der Waals surface area contributed by atoms with Crippen LogP contribution in [-0.4, -0.2) is 74.0 Å². The molecule has 2 aromatic carbocycles. The quantitative estimate of drug-likeness (QED) is 0.244. The van der Waals surface area contributed by atoms with Crippen molar-refractivity contribution in [1.82, 2.24) is 29.0 Å². The second-order valence-corrected chi connectivity index (χ2v) is 11.7. The number of ether oxygens (including phenoxy) is 2. The van der Waals surface area contributed by atoms with Gasteiger partial charge in [0, 0.05) is 32.8 Å². The number of fused-ring (bicyclic) bond motifs is 1. The van der Waals surface area contributed by atoms with Crippen molar-refractivity contribution in [2.75, 3.05) is 33.9 Å². The van der Waals surface area contributed by atoms with E-state index in [1.54, 1.807) is 27.1 Å². The van der Waals surface area contributed by atoms with E-state index < -0.39 is 23.1 Å². The number of methoxy groups -OCH3 is 1. The molecule has 3 aromatic heterocycles. The molecule has 1 unspecified atom stereocenters. The lowest BCUT2D eigenvalue weighted by Gasteiger charge is -2.17. The van der Waals surface area contributed by atoms with Crippen molar-refractivity contribution in [3.05, 3.63) is 104 Å². The van der Waals surface area contributed by atoms with E-state index in [0.29, 0.717) is 58.3 Å². The molecular formula is C32H35FN6O6S. The number of amides is 1. The Morgan fingerprint density at radius 3 is 2.46 bits per heavy atom. The number of aliphatic hydroxyl groups is 1. The van der Waals surface area contributed by atoms with E-state index >= 15 is 0 Å². The molecule has 1 aliphatic heterocycles. The molecule has 5 aromatic rings. The number of aromatic nitrogens is 5. The molecule has 1 fully saturated rings. The highest BCUT2D eigenvalue weighted by Gasteiger charge is 2.34. The summed E-state index contributed by atoms with van der Waals surface area (Å²) in [7, 11) is 3.21. The topological polar surface area (TPSA) is 134 Å².